The molecule has 0 amide bonds. The third-order valence-electron chi connectivity index (χ3n) is 6.81. The van der Waals surface area contributed by atoms with Crippen LogP contribution in [0.3, 0.4) is 0 Å². The summed E-state index contributed by atoms with van der Waals surface area (Å²) in [5.74, 6) is 1.85. The van der Waals surface area contributed by atoms with E-state index >= 15 is 0 Å². The first-order valence-corrected chi connectivity index (χ1v) is 11.3. The van der Waals surface area contributed by atoms with Gasteiger partial charge in [-0.2, -0.15) is 0 Å². The SMILES string of the molecule is Brc1cccc2c1Oc1c(ccc3ccccc13)C21c2ccccc2-c2ccccc21. The molecule has 0 aromatic heterocycles. The molecule has 31 heavy (non-hydrogen) atoms. The second-order valence-electron chi connectivity index (χ2n) is 8.22. The maximum absolute atomic E-state index is 6.69. The average molecular weight is 461 g/mol. The van der Waals surface area contributed by atoms with E-state index in [1.54, 1.807) is 0 Å². The third-order valence-corrected chi connectivity index (χ3v) is 7.44. The van der Waals surface area contributed by atoms with Crippen LogP contribution in [0.2, 0.25) is 0 Å². The maximum atomic E-state index is 6.69. The number of fused-ring (bicyclic) bond motifs is 11. The Balaban J connectivity index is 1.74. The molecule has 146 valence electrons. The quantitative estimate of drug-likeness (QED) is 0.222. The number of benzene rings is 5. The molecule has 1 heterocycles. The van der Waals surface area contributed by atoms with Crippen LogP contribution in [-0.2, 0) is 5.41 Å². The van der Waals surface area contributed by atoms with Crippen molar-refractivity contribution in [3.63, 3.8) is 0 Å². The number of ether oxygens (including phenoxy) is 1. The fourth-order valence-corrected chi connectivity index (χ4v) is 6.07. The van der Waals surface area contributed by atoms with Gasteiger partial charge >= 0.3 is 0 Å². The van der Waals surface area contributed by atoms with Crippen molar-refractivity contribution in [1.82, 2.24) is 0 Å². The minimum Gasteiger partial charge on any atom is -0.455 e. The molecule has 7 rings (SSSR count). The first kappa shape index (κ1) is 17.3. The van der Waals surface area contributed by atoms with Crippen molar-refractivity contribution in [1.29, 1.82) is 0 Å². The topological polar surface area (TPSA) is 9.23 Å². The molecule has 0 atom stereocenters. The molecular formula is C29H17BrO. The molecule has 0 saturated heterocycles. The summed E-state index contributed by atoms with van der Waals surface area (Å²) < 4.78 is 7.67. The predicted octanol–water partition coefficient (Wildman–Crippen LogP) is 8.07. The fraction of sp³-hybridized carbons (Fsp3) is 0.0345. The first-order valence-electron chi connectivity index (χ1n) is 10.5. The number of halogens is 1. The van der Waals surface area contributed by atoms with Gasteiger partial charge in [0, 0.05) is 16.5 Å². The van der Waals surface area contributed by atoms with E-state index in [-0.39, 0.29) is 0 Å². The summed E-state index contributed by atoms with van der Waals surface area (Å²) in [4.78, 5) is 0. The molecule has 0 N–H and O–H groups in total. The third kappa shape index (κ3) is 2.06. The Morgan fingerprint density at radius 3 is 1.90 bits per heavy atom. The Hall–Kier alpha value is -3.36. The van der Waals surface area contributed by atoms with Gasteiger partial charge in [-0.3, -0.25) is 0 Å². The number of hydrogen-bond acceptors (Lipinski definition) is 1. The average Bonchev–Trinajstić information content (AvgIpc) is 3.11. The molecule has 2 heteroatoms. The zero-order valence-electron chi connectivity index (χ0n) is 16.6. The molecule has 5 aromatic rings. The van der Waals surface area contributed by atoms with Crippen molar-refractivity contribution >= 4 is 26.7 Å². The molecule has 0 radical (unpaired) electrons. The summed E-state index contributed by atoms with van der Waals surface area (Å²) in [6.07, 6.45) is 0. The maximum Gasteiger partial charge on any atom is 0.146 e. The van der Waals surface area contributed by atoms with Gasteiger partial charge in [-0.15, -0.1) is 0 Å². The van der Waals surface area contributed by atoms with Gasteiger partial charge in [0.15, 0.2) is 0 Å². The highest BCUT2D eigenvalue weighted by molar-refractivity contribution is 9.10. The van der Waals surface area contributed by atoms with E-state index in [2.05, 4.69) is 119 Å². The Morgan fingerprint density at radius 2 is 1.13 bits per heavy atom. The summed E-state index contributed by atoms with van der Waals surface area (Å²) in [5, 5.41) is 2.33. The van der Waals surface area contributed by atoms with Crippen LogP contribution in [0.15, 0.2) is 108 Å². The van der Waals surface area contributed by atoms with Crippen molar-refractivity contribution in [2.45, 2.75) is 5.41 Å². The van der Waals surface area contributed by atoms with Crippen LogP contribution in [-0.4, -0.2) is 0 Å². The van der Waals surface area contributed by atoms with Crippen molar-refractivity contribution in [2.24, 2.45) is 0 Å². The Bertz CT molecular complexity index is 1490. The first-order chi connectivity index (χ1) is 15.3. The van der Waals surface area contributed by atoms with Crippen LogP contribution in [0.1, 0.15) is 22.3 Å². The highest BCUT2D eigenvalue weighted by Crippen LogP contribution is 2.63. The van der Waals surface area contributed by atoms with Crippen LogP contribution in [0.4, 0.5) is 0 Å². The lowest BCUT2D eigenvalue weighted by Crippen LogP contribution is -2.32. The molecule has 1 spiro atoms. The van der Waals surface area contributed by atoms with E-state index in [1.807, 2.05) is 0 Å². The zero-order valence-corrected chi connectivity index (χ0v) is 18.2. The summed E-state index contributed by atoms with van der Waals surface area (Å²) in [6, 6.07) is 37.0. The monoisotopic (exact) mass is 460 g/mol. The van der Waals surface area contributed by atoms with Gasteiger partial charge in [0.05, 0.1) is 9.89 Å². The summed E-state index contributed by atoms with van der Waals surface area (Å²) in [7, 11) is 0. The number of para-hydroxylation sites is 1. The van der Waals surface area contributed by atoms with Crippen molar-refractivity contribution in [3.05, 3.63) is 130 Å². The second-order valence-corrected chi connectivity index (χ2v) is 9.08. The van der Waals surface area contributed by atoms with Crippen LogP contribution in [0.25, 0.3) is 21.9 Å². The largest absolute Gasteiger partial charge is 0.455 e. The van der Waals surface area contributed by atoms with E-state index in [4.69, 9.17) is 4.74 Å². The number of hydrogen-bond donors (Lipinski definition) is 0. The lowest BCUT2D eigenvalue weighted by atomic mass is 9.66. The predicted molar refractivity (Wildman–Crippen MR) is 129 cm³/mol. The van der Waals surface area contributed by atoms with E-state index in [1.165, 1.54) is 38.8 Å². The molecule has 2 aliphatic rings. The lowest BCUT2D eigenvalue weighted by Gasteiger charge is -2.40. The minimum atomic E-state index is -0.413. The molecule has 1 aliphatic carbocycles. The molecule has 1 nitrogen and oxygen atoms in total. The molecule has 0 fully saturated rings. The number of rotatable bonds is 0. The summed E-state index contributed by atoms with van der Waals surface area (Å²) in [6.45, 7) is 0. The van der Waals surface area contributed by atoms with E-state index < -0.39 is 5.41 Å². The van der Waals surface area contributed by atoms with Crippen molar-refractivity contribution in [2.75, 3.05) is 0 Å². The fourth-order valence-electron chi connectivity index (χ4n) is 5.62. The molecule has 0 saturated carbocycles. The van der Waals surface area contributed by atoms with Crippen LogP contribution < -0.4 is 4.74 Å². The van der Waals surface area contributed by atoms with Crippen molar-refractivity contribution < 1.29 is 4.74 Å². The van der Waals surface area contributed by atoms with Gasteiger partial charge in [0.2, 0.25) is 0 Å². The second kappa shape index (κ2) is 6.09. The summed E-state index contributed by atoms with van der Waals surface area (Å²) >= 11 is 3.78. The van der Waals surface area contributed by atoms with Crippen LogP contribution in [0.5, 0.6) is 11.5 Å². The van der Waals surface area contributed by atoms with Crippen LogP contribution in [0, 0.1) is 0 Å². The minimum absolute atomic E-state index is 0.413. The van der Waals surface area contributed by atoms with E-state index in [0.717, 1.165) is 21.4 Å². The Kier molecular flexibility index (Phi) is 3.40. The molecule has 0 bridgehead atoms. The van der Waals surface area contributed by atoms with Gasteiger partial charge in [-0.1, -0.05) is 97.1 Å². The van der Waals surface area contributed by atoms with E-state index in [0.29, 0.717) is 0 Å². The summed E-state index contributed by atoms with van der Waals surface area (Å²) in [5.41, 5.74) is 7.20. The molecule has 0 unspecified atom stereocenters. The standard InChI is InChI=1S/C29H17BrO/c30-26-15-7-14-24-28(26)31-27-19-9-2-1-8-18(19)16-17-25(27)29(24)22-12-5-3-10-20(22)21-11-4-6-13-23(21)29/h1-17H. The highest BCUT2D eigenvalue weighted by atomic mass is 79.9. The highest BCUT2D eigenvalue weighted by Gasteiger charge is 2.51. The lowest BCUT2D eigenvalue weighted by molar-refractivity contribution is 0.439. The Morgan fingerprint density at radius 1 is 0.516 bits per heavy atom. The van der Waals surface area contributed by atoms with Crippen LogP contribution >= 0.6 is 15.9 Å². The zero-order chi connectivity index (χ0) is 20.6. The van der Waals surface area contributed by atoms with E-state index in [9.17, 15) is 0 Å². The Labute approximate surface area is 189 Å². The molecule has 5 aromatic carbocycles. The van der Waals surface area contributed by atoms with Crippen molar-refractivity contribution in [3.8, 4) is 22.6 Å². The van der Waals surface area contributed by atoms with Gasteiger partial charge in [0.1, 0.15) is 11.5 Å². The van der Waals surface area contributed by atoms with Gasteiger partial charge in [-0.25, -0.2) is 0 Å². The molecular weight excluding hydrogens is 444 g/mol. The van der Waals surface area contributed by atoms with Gasteiger partial charge in [-0.05, 0) is 49.6 Å². The van der Waals surface area contributed by atoms with Gasteiger partial charge in [0.25, 0.3) is 0 Å². The molecule has 1 aliphatic heterocycles. The van der Waals surface area contributed by atoms with Gasteiger partial charge < -0.3 is 4.74 Å². The normalized spacial score (nSPS) is 14.5. The smallest absolute Gasteiger partial charge is 0.146 e.